The van der Waals surface area contributed by atoms with Gasteiger partial charge >= 0.3 is 0 Å². The molecule has 2 aromatic heterocycles. The first-order valence-corrected chi connectivity index (χ1v) is 7.35. The molecule has 0 spiro atoms. The Balaban J connectivity index is 2.38. The summed E-state index contributed by atoms with van der Waals surface area (Å²) in [6.07, 6.45) is 7.92. The summed E-state index contributed by atoms with van der Waals surface area (Å²) in [7, 11) is 0. The van der Waals surface area contributed by atoms with Crippen LogP contribution in [0, 0.1) is 6.92 Å². The van der Waals surface area contributed by atoms with Gasteiger partial charge in [-0.05, 0) is 55.1 Å². The fourth-order valence-corrected chi connectivity index (χ4v) is 2.36. The Morgan fingerprint density at radius 1 is 1.15 bits per heavy atom. The molecule has 2 heterocycles. The van der Waals surface area contributed by atoms with E-state index in [2.05, 4.69) is 47.3 Å². The minimum absolute atomic E-state index is 0.195. The van der Waals surface area contributed by atoms with Crippen molar-refractivity contribution in [3.8, 4) is 0 Å². The number of nitrogens with zero attached hydrogens (tertiary/aromatic N) is 2. The van der Waals surface area contributed by atoms with Crippen molar-refractivity contribution in [2.24, 2.45) is 0 Å². The predicted molar refractivity (Wildman–Crippen MR) is 82.7 cm³/mol. The molecule has 0 radical (unpaired) electrons. The Morgan fingerprint density at radius 3 is 2.65 bits per heavy atom. The van der Waals surface area contributed by atoms with E-state index in [9.17, 15) is 0 Å². The molecule has 2 aromatic rings. The molecule has 2 rings (SSSR count). The maximum Gasteiger partial charge on any atom is 0.0595 e. The molecule has 1 N–H and O–H groups in total. The molecule has 1 unspecified atom stereocenters. The highest BCUT2D eigenvalue weighted by Gasteiger charge is 2.16. The highest BCUT2D eigenvalue weighted by molar-refractivity contribution is 5.35. The average molecular weight is 269 g/mol. The number of rotatable bonds is 6. The molecule has 3 nitrogen and oxygen atoms in total. The van der Waals surface area contributed by atoms with Gasteiger partial charge in [-0.15, -0.1) is 0 Å². The first-order valence-electron chi connectivity index (χ1n) is 7.35. The zero-order chi connectivity index (χ0) is 14.4. The summed E-state index contributed by atoms with van der Waals surface area (Å²) < 4.78 is 0. The standard InChI is InChI=1S/C17H23N3/c1-4-9-19-17(15-7-6-13(3)20-12-15)16-8-10-18-11-14(16)5-2/h6-8,10-12,17,19H,4-5,9H2,1-3H3. The summed E-state index contributed by atoms with van der Waals surface area (Å²) in [4.78, 5) is 8.68. The lowest BCUT2D eigenvalue weighted by Gasteiger charge is -2.21. The molecule has 0 aliphatic heterocycles. The number of hydrogen-bond donors (Lipinski definition) is 1. The molecule has 0 aliphatic carbocycles. The van der Waals surface area contributed by atoms with E-state index in [1.165, 1.54) is 16.7 Å². The zero-order valence-electron chi connectivity index (χ0n) is 12.6. The molecule has 20 heavy (non-hydrogen) atoms. The van der Waals surface area contributed by atoms with E-state index in [1.54, 1.807) is 0 Å². The van der Waals surface area contributed by atoms with Gasteiger partial charge in [-0.1, -0.05) is 19.9 Å². The van der Waals surface area contributed by atoms with Crippen LogP contribution in [-0.2, 0) is 6.42 Å². The number of nitrogens with one attached hydrogen (secondary N) is 1. The summed E-state index contributed by atoms with van der Waals surface area (Å²) in [6.45, 7) is 7.36. The van der Waals surface area contributed by atoms with Crippen LogP contribution >= 0.6 is 0 Å². The fraction of sp³-hybridized carbons (Fsp3) is 0.412. The molecule has 0 bridgehead atoms. The quantitative estimate of drug-likeness (QED) is 0.873. The van der Waals surface area contributed by atoms with Gasteiger partial charge in [0.05, 0.1) is 6.04 Å². The number of aryl methyl sites for hydroxylation is 2. The van der Waals surface area contributed by atoms with Crippen molar-refractivity contribution in [3.63, 3.8) is 0 Å². The predicted octanol–water partition coefficient (Wildman–Crippen LogP) is 3.44. The van der Waals surface area contributed by atoms with Gasteiger partial charge in [0.25, 0.3) is 0 Å². The lowest BCUT2D eigenvalue weighted by Crippen LogP contribution is -2.24. The van der Waals surface area contributed by atoms with Crippen LogP contribution in [0.3, 0.4) is 0 Å². The van der Waals surface area contributed by atoms with E-state index in [4.69, 9.17) is 0 Å². The van der Waals surface area contributed by atoms with E-state index < -0.39 is 0 Å². The third-order valence-corrected chi connectivity index (χ3v) is 3.50. The van der Waals surface area contributed by atoms with E-state index in [0.29, 0.717) is 0 Å². The Hall–Kier alpha value is -1.74. The molecule has 0 fully saturated rings. The smallest absolute Gasteiger partial charge is 0.0595 e. The fourth-order valence-electron chi connectivity index (χ4n) is 2.36. The van der Waals surface area contributed by atoms with E-state index >= 15 is 0 Å². The van der Waals surface area contributed by atoms with Crippen molar-refractivity contribution in [2.45, 2.75) is 39.7 Å². The van der Waals surface area contributed by atoms with Crippen molar-refractivity contribution < 1.29 is 0 Å². The van der Waals surface area contributed by atoms with Gasteiger partial charge in [0.2, 0.25) is 0 Å². The second kappa shape index (κ2) is 7.15. The molecular formula is C17H23N3. The van der Waals surface area contributed by atoms with Gasteiger partial charge < -0.3 is 5.32 Å². The molecule has 1 atom stereocenters. The Labute approximate surface area is 121 Å². The first kappa shape index (κ1) is 14.7. The van der Waals surface area contributed by atoms with E-state index in [0.717, 1.165) is 25.1 Å². The molecule has 0 aliphatic rings. The third-order valence-electron chi connectivity index (χ3n) is 3.50. The van der Waals surface area contributed by atoms with Crippen molar-refractivity contribution in [1.82, 2.24) is 15.3 Å². The topological polar surface area (TPSA) is 37.8 Å². The van der Waals surface area contributed by atoms with Gasteiger partial charge in [-0.25, -0.2) is 0 Å². The van der Waals surface area contributed by atoms with Gasteiger partial charge in [0.15, 0.2) is 0 Å². The molecule has 0 aromatic carbocycles. The number of hydrogen-bond acceptors (Lipinski definition) is 3. The van der Waals surface area contributed by atoms with Crippen molar-refractivity contribution in [2.75, 3.05) is 6.54 Å². The third kappa shape index (κ3) is 3.42. The number of pyridine rings is 2. The van der Waals surface area contributed by atoms with Crippen LogP contribution in [0.5, 0.6) is 0 Å². The van der Waals surface area contributed by atoms with Crippen LogP contribution < -0.4 is 5.32 Å². The second-order valence-corrected chi connectivity index (χ2v) is 5.05. The molecular weight excluding hydrogens is 246 g/mol. The van der Waals surface area contributed by atoms with Gasteiger partial charge in [0, 0.05) is 24.3 Å². The Bertz CT molecular complexity index is 534. The van der Waals surface area contributed by atoms with Crippen LogP contribution in [0.1, 0.15) is 48.7 Å². The molecule has 3 heteroatoms. The minimum atomic E-state index is 0.195. The van der Waals surface area contributed by atoms with Crippen LogP contribution in [0.25, 0.3) is 0 Å². The zero-order valence-corrected chi connectivity index (χ0v) is 12.6. The van der Waals surface area contributed by atoms with Crippen molar-refractivity contribution >= 4 is 0 Å². The molecule has 0 saturated carbocycles. The largest absolute Gasteiger partial charge is 0.306 e. The minimum Gasteiger partial charge on any atom is -0.306 e. The maximum atomic E-state index is 4.43. The lowest BCUT2D eigenvalue weighted by atomic mass is 9.95. The van der Waals surface area contributed by atoms with Crippen LogP contribution in [0.4, 0.5) is 0 Å². The van der Waals surface area contributed by atoms with Crippen LogP contribution in [-0.4, -0.2) is 16.5 Å². The van der Waals surface area contributed by atoms with E-state index in [1.807, 2.05) is 25.5 Å². The SMILES string of the molecule is CCCNC(c1ccc(C)nc1)c1ccncc1CC. The summed E-state index contributed by atoms with van der Waals surface area (Å²) in [5.41, 5.74) is 4.86. The molecule has 0 saturated heterocycles. The number of aromatic nitrogens is 2. The van der Waals surface area contributed by atoms with E-state index in [-0.39, 0.29) is 6.04 Å². The first-order chi connectivity index (χ1) is 9.76. The average Bonchev–Trinajstić information content (AvgIpc) is 2.50. The normalized spacial score (nSPS) is 12.3. The van der Waals surface area contributed by atoms with Crippen molar-refractivity contribution in [1.29, 1.82) is 0 Å². The molecule has 106 valence electrons. The summed E-state index contributed by atoms with van der Waals surface area (Å²) >= 11 is 0. The Kier molecular flexibility index (Phi) is 5.24. The highest BCUT2D eigenvalue weighted by atomic mass is 14.9. The summed E-state index contributed by atoms with van der Waals surface area (Å²) in [6, 6.07) is 6.55. The maximum absolute atomic E-state index is 4.43. The van der Waals surface area contributed by atoms with Gasteiger partial charge in [-0.2, -0.15) is 0 Å². The monoisotopic (exact) mass is 269 g/mol. The highest BCUT2D eigenvalue weighted by Crippen LogP contribution is 2.24. The van der Waals surface area contributed by atoms with Crippen LogP contribution in [0.15, 0.2) is 36.8 Å². The summed E-state index contributed by atoms with van der Waals surface area (Å²) in [5, 5.41) is 3.63. The lowest BCUT2D eigenvalue weighted by molar-refractivity contribution is 0.592. The molecule has 0 amide bonds. The second-order valence-electron chi connectivity index (χ2n) is 5.05. The van der Waals surface area contributed by atoms with Crippen molar-refractivity contribution in [3.05, 3.63) is 59.2 Å². The Morgan fingerprint density at radius 2 is 2.00 bits per heavy atom. The van der Waals surface area contributed by atoms with Gasteiger partial charge in [-0.3, -0.25) is 9.97 Å². The van der Waals surface area contributed by atoms with Crippen LogP contribution in [0.2, 0.25) is 0 Å². The summed E-state index contributed by atoms with van der Waals surface area (Å²) in [5.74, 6) is 0. The van der Waals surface area contributed by atoms with Gasteiger partial charge in [0.1, 0.15) is 0 Å².